The van der Waals surface area contributed by atoms with Gasteiger partial charge in [-0.3, -0.25) is 19.8 Å². The molecule has 2 aromatic carbocycles. The highest BCUT2D eigenvalue weighted by molar-refractivity contribution is 7.56. The predicted octanol–water partition coefficient (Wildman–Crippen LogP) is 7.84. The highest BCUT2D eigenvalue weighted by Crippen LogP contribution is 2.73. The first-order valence-electron chi connectivity index (χ1n) is 20.7. The lowest BCUT2D eigenvalue weighted by atomic mass is 9.45. The SMILES string of the molecule is CCOP(=O)(OCC)C1(NCc2ccccc2)CC[C@@]2(C)C(CC[C@H]3[C@@H]4CC[C@](O)(C(CO)(NCc5ccccc5)P(=O)(OCC)OCC)[C@H]4C[C@H](O)[C@@H]32)C1. The van der Waals surface area contributed by atoms with Gasteiger partial charge < -0.3 is 33.4 Å². The summed E-state index contributed by atoms with van der Waals surface area (Å²) in [5, 5.41) is 41.4. The van der Waals surface area contributed by atoms with E-state index >= 15 is 0 Å². The largest absolute Gasteiger partial charge is 0.394 e. The second-order valence-corrected chi connectivity index (χ2v) is 21.2. The van der Waals surface area contributed by atoms with Crippen LogP contribution in [-0.4, -0.2) is 70.6 Å². The average Bonchev–Trinajstić information content (AvgIpc) is 3.52. The van der Waals surface area contributed by atoms with E-state index < -0.39 is 50.0 Å². The summed E-state index contributed by atoms with van der Waals surface area (Å²) in [4.78, 5) is 0. The van der Waals surface area contributed by atoms with Crippen molar-refractivity contribution in [2.45, 2.75) is 121 Å². The number of benzene rings is 2. The normalized spacial score (nSPS) is 34.7. The van der Waals surface area contributed by atoms with Gasteiger partial charge in [0.15, 0.2) is 5.28 Å². The van der Waals surface area contributed by atoms with Crippen LogP contribution < -0.4 is 10.6 Å². The molecule has 5 N–H and O–H groups in total. The molecule has 0 radical (unpaired) electrons. The summed E-state index contributed by atoms with van der Waals surface area (Å²) in [6.45, 7) is 10.3. The number of aliphatic hydroxyl groups is 3. The highest BCUT2D eigenvalue weighted by Gasteiger charge is 2.72. The van der Waals surface area contributed by atoms with E-state index in [1.807, 2.05) is 62.4 Å². The van der Waals surface area contributed by atoms with Crippen molar-refractivity contribution in [3.05, 3.63) is 71.8 Å². The summed E-state index contributed by atoms with van der Waals surface area (Å²) in [5.74, 6) is -0.236. The van der Waals surface area contributed by atoms with Gasteiger partial charge in [0.1, 0.15) is 5.28 Å². The van der Waals surface area contributed by atoms with Gasteiger partial charge in [0, 0.05) is 13.1 Å². The topological polar surface area (TPSA) is 156 Å². The number of hydrogen-bond donors (Lipinski definition) is 5. The molecular formula is C42H66N2O9P2. The minimum Gasteiger partial charge on any atom is -0.394 e. The van der Waals surface area contributed by atoms with Crippen molar-refractivity contribution in [3.8, 4) is 0 Å². The number of hydrogen-bond acceptors (Lipinski definition) is 11. The van der Waals surface area contributed by atoms with Crippen molar-refractivity contribution < 1.29 is 42.5 Å². The first-order chi connectivity index (χ1) is 26.4. The van der Waals surface area contributed by atoms with Gasteiger partial charge in [-0.05, 0) is 125 Å². The Hall–Kier alpha value is -1.46. The highest BCUT2D eigenvalue weighted by atomic mass is 31.2. The van der Waals surface area contributed by atoms with Crippen LogP contribution in [0.25, 0.3) is 0 Å². The average molecular weight is 805 g/mol. The molecule has 0 heterocycles. The molecule has 4 saturated carbocycles. The fourth-order valence-corrected chi connectivity index (χ4v) is 16.4. The van der Waals surface area contributed by atoms with Gasteiger partial charge in [-0.1, -0.05) is 67.6 Å². The van der Waals surface area contributed by atoms with E-state index in [0.717, 1.165) is 30.4 Å². The number of nitrogens with one attached hydrogen (secondary N) is 2. The molecule has 4 aliphatic carbocycles. The maximum atomic E-state index is 15.0. The summed E-state index contributed by atoms with van der Waals surface area (Å²) >= 11 is 0. The Morgan fingerprint density at radius 1 is 0.782 bits per heavy atom. The molecule has 55 heavy (non-hydrogen) atoms. The van der Waals surface area contributed by atoms with Gasteiger partial charge in [0.05, 0.1) is 44.7 Å². The zero-order chi connectivity index (χ0) is 39.5. The molecule has 3 unspecified atom stereocenters. The van der Waals surface area contributed by atoms with Crippen LogP contribution in [-0.2, 0) is 40.3 Å². The van der Waals surface area contributed by atoms with E-state index in [1.54, 1.807) is 13.8 Å². The Morgan fingerprint density at radius 2 is 1.36 bits per heavy atom. The third-order valence-corrected chi connectivity index (χ3v) is 19.8. The third kappa shape index (κ3) is 7.53. The van der Waals surface area contributed by atoms with Crippen molar-refractivity contribution in [2.24, 2.45) is 35.0 Å². The smallest absolute Gasteiger partial charge is 0.355 e. The molecule has 2 aromatic rings. The van der Waals surface area contributed by atoms with Crippen molar-refractivity contribution >= 4 is 15.2 Å². The second kappa shape index (κ2) is 17.4. The van der Waals surface area contributed by atoms with Gasteiger partial charge in [-0.25, -0.2) is 0 Å². The van der Waals surface area contributed by atoms with Crippen LogP contribution in [0.1, 0.15) is 97.1 Å². The predicted molar refractivity (Wildman–Crippen MR) is 214 cm³/mol. The standard InChI is InChI=1S/C42H66N2O9P2/c1-6-50-54(48,51-7-2)40(43-28-31-16-12-10-13-17-31)25-24-39(5)33(27-40)20-21-35-34-22-23-41(47,36(34)26-37(46)38(35)39)42(30-45,55(49,52-8-3)53-9-4)44-29-32-18-14-11-15-19-32/h10-19,33-38,43-47H,6-9,20-30H2,1-5H3/t33?,34-,35-,36-,37-,38+,39-,40?,41+,42?/m0/s1. The van der Waals surface area contributed by atoms with E-state index in [2.05, 4.69) is 29.7 Å². The molecule has 4 aliphatic rings. The van der Waals surface area contributed by atoms with Crippen molar-refractivity contribution in [1.82, 2.24) is 10.6 Å². The molecule has 308 valence electrons. The molecule has 0 aliphatic heterocycles. The number of fused-ring (bicyclic) bond motifs is 5. The summed E-state index contributed by atoms with van der Waals surface area (Å²) < 4.78 is 54.0. The Bertz CT molecular complexity index is 1640. The van der Waals surface area contributed by atoms with Gasteiger partial charge in [0.25, 0.3) is 0 Å². The quantitative estimate of drug-likeness (QED) is 0.0937. The fraction of sp³-hybridized carbons (Fsp3) is 0.714. The minimum absolute atomic E-state index is 0.0261. The lowest BCUT2D eigenvalue weighted by Crippen LogP contribution is -2.69. The van der Waals surface area contributed by atoms with Crippen molar-refractivity contribution in [2.75, 3.05) is 33.0 Å². The molecule has 0 aromatic heterocycles. The maximum absolute atomic E-state index is 15.0. The molecular weight excluding hydrogens is 738 g/mol. The molecule has 10 atom stereocenters. The summed E-state index contributed by atoms with van der Waals surface area (Å²) in [7, 11) is -7.80. The van der Waals surface area contributed by atoms with Crippen LogP contribution in [0.4, 0.5) is 0 Å². The van der Waals surface area contributed by atoms with Crippen LogP contribution in [0.2, 0.25) is 0 Å². The molecule has 4 fully saturated rings. The first-order valence-corrected chi connectivity index (χ1v) is 23.8. The number of aliphatic hydroxyl groups excluding tert-OH is 2. The van der Waals surface area contributed by atoms with E-state index in [1.165, 1.54) is 0 Å². The van der Waals surface area contributed by atoms with Crippen LogP contribution in [0.15, 0.2) is 60.7 Å². The first kappa shape index (κ1) is 43.1. The molecule has 11 nitrogen and oxygen atoms in total. The van der Waals surface area contributed by atoms with E-state index in [0.29, 0.717) is 32.2 Å². The second-order valence-electron chi connectivity index (χ2n) is 16.6. The monoisotopic (exact) mass is 804 g/mol. The zero-order valence-electron chi connectivity index (χ0n) is 33.5. The Morgan fingerprint density at radius 3 is 1.93 bits per heavy atom. The fourth-order valence-electron chi connectivity index (χ4n) is 11.7. The summed E-state index contributed by atoms with van der Waals surface area (Å²) in [6, 6.07) is 19.8. The van der Waals surface area contributed by atoms with Crippen LogP contribution in [0, 0.1) is 35.0 Å². The van der Waals surface area contributed by atoms with Gasteiger partial charge >= 0.3 is 15.2 Å². The van der Waals surface area contributed by atoms with E-state index in [-0.39, 0.29) is 68.5 Å². The Kier molecular flexibility index (Phi) is 13.7. The van der Waals surface area contributed by atoms with Crippen LogP contribution in [0.5, 0.6) is 0 Å². The van der Waals surface area contributed by atoms with Crippen molar-refractivity contribution in [1.29, 1.82) is 0 Å². The molecule has 0 spiro atoms. The zero-order valence-corrected chi connectivity index (χ0v) is 35.3. The Labute approximate surface area is 328 Å². The van der Waals surface area contributed by atoms with Gasteiger partial charge in [-0.15, -0.1) is 0 Å². The Balaban J connectivity index is 1.32. The van der Waals surface area contributed by atoms with Crippen LogP contribution >= 0.6 is 15.2 Å². The van der Waals surface area contributed by atoms with Gasteiger partial charge in [-0.2, -0.15) is 0 Å². The third-order valence-electron chi connectivity index (χ3n) is 14.1. The molecule has 0 amide bonds. The number of rotatable bonds is 18. The summed E-state index contributed by atoms with van der Waals surface area (Å²) in [5.41, 5.74) is 0.0326. The molecule has 0 saturated heterocycles. The lowest BCUT2D eigenvalue weighted by Gasteiger charge is -2.63. The van der Waals surface area contributed by atoms with Crippen molar-refractivity contribution in [3.63, 3.8) is 0 Å². The molecule has 13 heteroatoms. The summed E-state index contributed by atoms with van der Waals surface area (Å²) in [6.07, 6.45) is 4.09. The minimum atomic E-state index is -4.19. The van der Waals surface area contributed by atoms with E-state index in [4.69, 9.17) is 18.1 Å². The van der Waals surface area contributed by atoms with Gasteiger partial charge in [0.2, 0.25) is 0 Å². The molecule has 0 bridgehead atoms. The maximum Gasteiger partial charge on any atom is 0.355 e. The van der Waals surface area contributed by atoms with Crippen LogP contribution in [0.3, 0.4) is 0 Å². The lowest BCUT2D eigenvalue weighted by molar-refractivity contribution is -0.177. The van der Waals surface area contributed by atoms with E-state index in [9.17, 15) is 24.4 Å². The molecule has 6 rings (SSSR count).